The molecule has 0 bridgehead atoms. The van der Waals surface area contributed by atoms with Crippen LogP contribution in [0.25, 0.3) is 10.8 Å². The third-order valence-corrected chi connectivity index (χ3v) is 8.69. The monoisotopic (exact) mass is 479 g/mol. The van der Waals surface area contributed by atoms with Gasteiger partial charge in [-0.3, -0.25) is 9.10 Å². The smallest absolute Gasteiger partial charge is 0.543 e. The number of aliphatic hydroxyl groups excluding tert-OH is 1. The van der Waals surface area contributed by atoms with Gasteiger partial charge in [-0.1, -0.05) is 31.2 Å². The van der Waals surface area contributed by atoms with Crippen molar-refractivity contribution in [2.45, 2.75) is 26.0 Å². The van der Waals surface area contributed by atoms with E-state index >= 15 is 0 Å². The summed E-state index contributed by atoms with van der Waals surface area (Å²) in [5.74, 6) is -3.22. The van der Waals surface area contributed by atoms with Crippen LogP contribution < -0.4 is 43.3 Å². The third kappa shape index (κ3) is 3.15. The summed E-state index contributed by atoms with van der Waals surface area (Å²) in [5, 5.41) is 23.6. The first-order valence-corrected chi connectivity index (χ1v) is 11.7. The summed E-state index contributed by atoms with van der Waals surface area (Å²) in [6.45, 7) is 3.00. The number of nitrogens with zero attached hydrogens (tertiary/aromatic N) is 3. The van der Waals surface area contributed by atoms with Gasteiger partial charge in [0.1, 0.15) is 0 Å². The fourth-order valence-corrected chi connectivity index (χ4v) is 6.73. The minimum absolute atomic E-state index is 0. The Kier molecular flexibility index (Phi) is 5.82. The Labute approximate surface area is 213 Å². The fraction of sp³-hybridized carbons (Fsp3) is 0.364. The third-order valence-electron chi connectivity index (χ3n) is 6.92. The molecular weight excluding hydrogens is 457 g/mol. The Morgan fingerprint density at radius 2 is 1.79 bits per heavy atom. The van der Waals surface area contributed by atoms with Crippen LogP contribution in [0.1, 0.15) is 13.8 Å². The van der Waals surface area contributed by atoms with Crippen LogP contribution in [0.4, 0.5) is 11.4 Å². The molecule has 0 unspecified atom stereocenters. The molecule has 0 aromatic heterocycles. The van der Waals surface area contributed by atoms with Crippen LogP contribution in [0.15, 0.2) is 47.7 Å². The first kappa shape index (κ1) is 24.0. The number of hydrogen-bond acceptors (Lipinski definition) is 6. The maximum Gasteiger partial charge on any atom is 1.00 e. The molecule has 1 saturated heterocycles. The second-order valence-electron chi connectivity index (χ2n) is 8.55. The summed E-state index contributed by atoms with van der Waals surface area (Å²) in [6, 6.07) is 10.2. The Morgan fingerprint density at radius 3 is 2.36 bits per heavy atom. The molecule has 0 saturated carbocycles. The summed E-state index contributed by atoms with van der Waals surface area (Å²) in [5.41, 5.74) is 0.977. The van der Waals surface area contributed by atoms with Crippen molar-refractivity contribution >= 4 is 44.2 Å². The van der Waals surface area contributed by atoms with E-state index in [0.29, 0.717) is 16.9 Å². The van der Waals surface area contributed by atoms with Crippen molar-refractivity contribution in [1.82, 2.24) is 4.90 Å². The maximum absolute atomic E-state index is 13.4. The standard InChI is InChI=1S/C22H23N3O6S.Na/c1-11-14(20(22(28)29)25-19(11)17(12(2)26)21(25)27)10-24-16-9-5-7-13-6-4-8-15(18(13)16)23(3)32(24,30)31;/h4-9,11-12,17,19,26H,10H2,1-3H3,(H,28,29);/q;+1/p-1/t11-,12+,17+,19+;/m0./s1. The fourth-order valence-electron chi connectivity index (χ4n) is 5.33. The number of carbonyl (C=O) groups is 2. The van der Waals surface area contributed by atoms with Crippen molar-refractivity contribution in [2.24, 2.45) is 11.8 Å². The van der Waals surface area contributed by atoms with Gasteiger partial charge in [-0.2, -0.15) is 8.42 Å². The first-order chi connectivity index (χ1) is 15.1. The van der Waals surface area contributed by atoms with Crippen molar-refractivity contribution in [3.05, 3.63) is 47.7 Å². The van der Waals surface area contributed by atoms with Crippen molar-refractivity contribution in [3.8, 4) is 0 Å². The van der Waals surface area contributed by atoms with Gasteiger partial charge in [0.05, 0.1) is 47.6 Å². The number of β-lactam (4-membered cyclic amide) rings is 1. The number of aliphatic carboxylic acids is 1. The number of carbonyl (C=O) groups excluding carboxylic acids is 2. The topological polar surface area (TPSA) is 121 Å². The van der Waals surface area contributed by atoms with Crippen LogP contribution in [0.5, 0.6) is 0 Å². The number of hydrogen-bond donors (Lipinski definition) is 1. The predicted molar refractivity (Wildman–Crippen MR) is 116 cm³/mol. The summed E-state index contributed by atoms with van der Waals surface area (Å²) in [6.07, 6.45) is -0.945. The van der Waals surface area contributed by atoms with Crippen LogP contribution in [-0.2, 0) is 19.8 Å². The molecule has 168 valence electrons. The van der Waals surface area contributed by atoms with E-state index in [1.54, 1.807) is 31.2 Å². The second kappa shape index (κ2) is 7.99. The normalized spacial score (nSPS) is 26.1. The maximum atomic E-state index is 13.4. The number of aliphatic hydroxyl groups is 1. The number of benzene rings is 2. The molecule has 4 atom stereocenters. The number of anilines is 2. The van der Waals surface area contributed by atoms with E-state index in [2.05, 4.69) is 0 Å². The number of carboxylic acid groups (broad SMARTS) is 1. The predicted octanol–water partition coefficient (Wildman–Crippen LogP) is -2.79. The number of carboxylic acids is 1. The molecule has 3 heterocycles. The molecule has 2 aromatic rings. The van der Waals surface area contributed by atoms with Gasteiger partial charge in [0.2, 0.25) is 5.91 Å². The van der Waals surface area contributed by atoms with Gasteiger partial charge in [-0.25, -0.2) is 4.31 Å². The second-order valence-corrected chi connectivity index (χ2v) is 10.4. The van der Waals surface area contributed by atoms with Crippen LogP contribution >= 0.6 is 0 Å². The van der Waals surface area contributed by atoms with Crippen LogP contribution in [0.3, 0.4) is 0 Å². The molecular formula is C22H22N3NaO6S. The quantitative estimate of drug-likeness (QED) is 0.374. The molecule has 1 amide bonds. The zero-order valence-electron chi connectivity index (χ0n) is 18.7. The van der Waals surface area contributed by atoms with Crippen molar-refractivity contribution in [3.63, 3.8) is 0 Å². The Morgan fingerprint density at radius 1 is 1.18 bits per heavy atom. The summed E-state index contributed by atoms with van der Waals surface area (Å²) in [4.78, 5) is 25.7. The van der Waals surface area contributed by atoms with E-state index in [1.165, 1.54) is 22.6 Å². The Bertz CT molecular complexity index is 1320. The Hall–Kier alpha value is -2.11. The van der Waals surface area contributed by atoms with Gasteiger partial charge in [-0.05, 0) is 30.0 Å². The van der Waals surface area contributed by atoms with Gasteiger partial charge in [-0.15, -0.1) is 0 Å². The van der Waals surface area contributed by atoms with Crippen molar-refractivity contribution in [2.75, 3.05) is 22.2 Å². The van der Waals surface area contributed by atoms with Crippen LogP contribution in [-0.4, -0.2) is 56.0 Å². The molecule has 5 rings (SSSR count). The average molecular weight is 479 g/mol. The van der Waals surface area contributed by atoms with Crippen molar-refractivity contribution in [1.29, 1.82) is 0 Å². The SMILES string of the molecule is C[C@@H](O)[C@H]1C(=O)N2C(C(=O)[O-])=C(CN3c4cccc5cccc(c45)N(C)S3(=O)=O)[C@H](C)[C@H]12.[Na+]. The summed E-state index contributed by atoms with van der Waals surface area (Å²) < 4.78 is 29.3. The van der Waals surface area contributed by atoms with Gasteiger partial charge < -0.3 is 19.9 Å². The Balaban J connectivity index is 0.00000259. The molecule has 0 spiro atoms. The average Bonchev–Trinajstić information content (AvgIpc) is 2.97. The van der Waals surface area contributed by atoms with Gasteiger partial charge >= 0.3 is 39.8 Å². The van der Waals surface area contributed by atoms with E-state index in [4.69, 9.17) is 0 Å². The van der Waals surface area contributed by atoms with Gasteiger partial charge in [0, 0.05) is 18.4 Å². The van der Waals surface area contributed by atoms with E-state index in [1.807, 2.05) is 12.1 Å². The molecule has 3 aliphatic rings. The minimum atomic E-state index is -4.01. The van der Waals surface area contributed by atoms with E-state index in [-0.39, 0.29) is 41.8 Å². The number of amides is 1. The summed E-state index contributed by atoms with van der Waals surface area (Å²) >= 11 is 0. The molecule has 1 fully saturated rings. The van der Waals surface area contributed by atoms with Gasteiger partial charge in [0.15, 0.2) is 0 Å². The molecule has 0 radical (unpaired) electrons. The summed E-state index contributed by atoms with van der Waals surface area (Å²) in [7, 11) is -2.56. The molecule has 2 aromatic carbocycles. The number of rotatable bonds is 4. The van der Waals surface area contributed by atoms with Gasteiger partial charge in [0.25, 0.3) is 0 Å². The largest absolute Gasteiger partial charge is 1.00 e. The molecule has 3 aliphatic heterocycles. The zero-order valence-corrected chi connectivity index (χ0v) is 21.5. The van der Waals surface area contributed by atoms with Crippen molar-refractivity contribution < 1.29 is 57.8 Å². The molecule has 33 heavy (non-hydrogen) atoms. The first-order valence-electron chi connectivity index (χ1n) is 10.3. The van der Waals surface area contributed by atoms with E-state index < -0.39 is 46.1 Å². The minimum Gasteiger partial charge on any atom is -0.543 e. The molecule has 1 N–H and O–H groups in total. The zero-order chi connectivity index (χ0) is 23.1. The van der Waals surface area contributed by atoms with E-state index in [0.717, 1.165) is 15.7 Å². The molecule has 11 heteroatoms. The van der Waals surface area contributed by atoms with Crippen LogP contribution in [0.2, 0.25) is 0 Å². The molecule has 9 nitrogen and oxygen atoms in total. The van der Waals surface area contributed by atoms with E-state index in [9.17, 15) is 28.2 Å². The molecule has 0 aliphatic carbocycles. The van der Waals surface area contributed by atoms with Crippen LogP contribution in [0, 0.1) is 11.8 Å². The number of fused-ring (bicyclic) bond motifs is 1.